The topological polar surface area (TPSA) is 70.8 Å². The summed E-state index contributed by atoms with van der Waals surface area (Å²) < 4.78 is 5.79. The lowest BCUT2D eigenvalue weighted by molar-refractivity contribution is 0.0347. The highest BCUT2D eigenvalue weighted by Gasteiger charge is 2.12. The van der Waals surface area contributed by atoms with E-state index in [1.807, 2.05) is 6.07 Å². The van der Waals surface area contributed by atoms with Crippen molar-refractivity contribution < 1.29 is 4.74 Å². The van der Waals surface area contributed by atoms with Crippen molar-refractivity contribution in [1.82, 2.24) is 9.97 Å². The van der Waals surface area contributed by atoms with Crippen LogP contribution >= 0.6 is 0 Å². The Morgan fingerprint density at radius 1 is 1.28 bits per heavy atom. The van der Waals surface area contributed by atoms with Gasteiger partial charge in [0.15, 0.2) is 5.69 Å². The number of nitriles is 1. The van der Waals surface area contributed by atoms with E-state index in [2.05, 4.69) is 15.3 Å². The Kier molecular flexibility index (Phi) is 4.91. The highest BCUT2D eigenvalue weighted by atomic mass is 16.5. The summed E-state index contributed by atoms with van der Waals surface area (Å²) in [5.74, 6) is 0.682. The van der Waals surface area contributed by atoms with Gasteiger partial charge in [-0.25, -0.2) is 9.97 Å². The number of anilines is 1. The second kappa shape index (κ2) is 6.92. The van der Waals surface area contributed by atoms with Crippen LogP contribution in [-0.2, 0) is 4.74 Å². The normalized spacial score (nSPS) is 16.2. The monoisotopic (exact) mass is 246 g/mol. The molecule has 0 aliphatic heterocycles. The van der Waals surface area contributed by atoms with Gasteiger partial charge < -0.3 is 10.1 Å². The predicted molar refractivity (Wildman–Crippen MR) is 68.1 cm³/mol. The molecule has 0 atom stereocenters. The van der Waals surface area contributed by atoms with Crippen molar-refractivity contribution in [3.8, 4) is 6.07 Å². The molecule has 0 amide bonds. The summed E-state index contributed by atoms with van der Waals surface area (Å²) in [5, 5.41) is 11.7. The average Bonchev–Trinajstić information content (AvgIpc) is 2.45. The van der Waals surface area contributed by atoms with Crippen molar-refractivity contribution in [2.75, 3.05) is 18.5 Å². The number of hydrogen-bond donors (Lipinski definition) is 1. The molecule has 0 spiro atoms. The lowest BCUT2D eigenvalue weighted by Gasteiger charge is -2.22. The summed E-state index contributed by atoms with van der Waals surface area (Å²) in [6.45, 7) is 1.41. The molecule has 0 unspecified atom stereocenters. The van der Waals surface area contributed by atoms with Crippen LogP contribution in [0.4, 0.5) is 5.82 Å². The van der Waals surface area contributed by atoms with Gasteiger partial charge in [0.25, 0.3) is 0 Å². The van der Waals surface area contributed by atoms with Crippen molar-refractivity contribution in [2.45, 2.75) is 38.2 Å². The van der Waals surface area contributed by atoms with E-state index in [0.29, 0.717) is 24.2 Å². The first-order valence-corrected chi connectivity index (χ1v) is 6.46. The molecular weight excluding hydrogens is 228 g/mol. The molecule has 1 N–H and O–H groups in total. The van der Waals surface area contributed by atoms with Gasteiger partial charge in [-0.05, 0) is 12.8 Å². The number of aromatic nitrogens is 2. The maximum absolute atomic E-state index is 8.59. The Hall–Kier alpha value is -1.67. The van der Waals surface area contributed by atoms with Gasteiger partial charge in [0, 0.05) is 6.54 Å². The minimum atomic E-state index is 0.332. The van der Waals surface area contributed by atoms with Gasteiger partial charge in [-0.2, -0.15) is 5.26 Å². The zero-order valence-electron chi connectivity index (χ0n) is 10.4. The van der Waals surface area contributed by atoms with E-state index in [0.717, 1.165) is 6.54 Å². The molecule has 0 aromatic carbocycles. The van der Waals surface area contributed by atoms with Crippen LogP contribution in [0.2, 0.25) is 0 Å². The predicted octanol–water partition coefficient (Wildman–Crippen LogP) is 2.11. The number of nitrogens with zero attached hydrogens (tertiary/aromatic N) is 3. The second-order valence-corrected chi connectivity index (χ2v) is 4.46. The van der Waals surface area contributed by atoms with E-state index in [4.69, 9.17) is 10.00 Å². The van der Waals surface area contributed by atoms with Crippen LogP contribution in [0.5, 0.6) is 0 Å². The zero-order chi connectivity index (χ0) is 12.6. The summed E-state index contributed by atoms with van der Waals surface area (Å²) in [5.41, 5.74) is 0.332. The van der Waals surface area contributed by atoms with Crippen LogP contribution in [0.3, 0.4) is 0 Å². The Morgan fingerprint density at radius 2 is 2.11 bits per heavy atom. The summed E-state index contributed by atoms with van der Waals surface area (Å²) in [4.78, 5) is 8.02. The molecule has 1 aromatic rings. The molecule has 5 nitrogen and oxygen atoms in total. The average molecular weight is 246 g/mol. The Bertz CT molecular complexity index is 392. The van der Waals surface area contributed by atoms with Crippen LogP contribution in [0.1, 0.15) is 37.8 Å². The highest BCUT2D eigenvalue weighted by Crippen LogP contribution is 2.19. The van der Waals surface area contributed by atoms with E-state index in [9.17, 15) is 0 Å². The molecular formula is C13H18N4O. The van der Waals surface area contributed by atoms with Crippen molar-refractivity contribution in [3.63, 3.8) is 0 Å². The number of rotatable bonds is 5. The van der Waals surface area contributed by atoms with Gasteiger partial charge in [-0.15, -0.1) is 0 Å². The Labute approximate surface area is 107 Å². The van der Waals surface area contributed by atoms with Crippen LogP contribution in [-0.4, -0.2) is 29.2 Å². The molecule has 1 heterocycles. The van der Waals surface area contributed by atoms with Crippen molar-refractivity contribution in [2.24, 2.45) is 0 Å². The first-order valence-electron chi connectivity index (χ1n) is 6.46. The van der Waals surface area contributed by atoms with Crippen LogP contribution in [0, 0.1) is 11.3 Å². The molecule has 1 aliphatic carbocycles. The van der Waals surface area contributed by atoms with Crippen LogP contribution in [0.25, 0.3) is 0 Å². The molecule has 0 saturated heterocycles. The van der Waals surface area contributed by atoms with Crippen LogP contribution in [0.15, 0.2) is 12.4 Å². The molecule has 96 valence electrons. The van der Waals surface area contributed by atoms with Gasteiger partial charge in [0.2, 0.25) is 0 Å². The fourth-order valence-electron chi connectivity index (χ4n) is 2.11. The van der Waals surface area contributed by atoms with Gasteiger partial charge >= 0.3 is 0 Å². The van der Waals surface area contributed by atoms with Gasteiger partial charge in [0.1, 0.15) is 11.9 Å². The van der Waals surface area contributed by atoms with Crippen molar-refractivity contribution in [1.29, 1.82) is 5.26 Å². The Morgan fingerprint density at radius 3 is 2.78 bits per heavy atom. The van der Waals surface area contributed by atoms with E-state index in [-0.39, 0.29) is 0 Å². The van der Waals surface area contributed by atoms with Crippen LogP contribution < -0.4 is 5.32 Å². The largest absolute Gasteiger partial charge is 0.376 e. The van der Waals surface area contributed by atoms with E-state index in [1.54, 1.807) is 6.20 Å². The third-order valence-electron chi connectivity index (χ3n) is 3.08. The molecule has 5 heteroatoms. The minimum absolute atomic E-state index is 0.332. The molecule has 1 fully saturated rings. The summed E-state index contributed by atoms with van der Waals surface area (Å²) in [6.07, 6.45) is 9.78. The number of hydrogen-bond acceptors (Lipinski definition) is 5. The van der Waals surface area contributed by atoms with E-state index in [1.165, 1.54) is 38.3 Å². The van der Waals surface area contributed by atoms with E-state index >= 15 is 0 Å². The highest BCUT2D eigenvalue weighted by molar-refractivity contribution is 5.32. The third kappa shape index (κ3) is 3.97. The smallest absolute Gasteiger partial charge is 0.158 e. The zero-order valence-corrected chi connectivity index (χ0v) is 10.4. The first kappa shape index (κ1) is 12.8. The maximum Gasteiger partial charge on any atom is 0.158 e. The third-order valence-corrected chi connectivity index (χ3v) is 3.08. The Balaban J connectivity index is 1.63. The van der Waals surface area contributed by atoms with Crippen molar-refractivity contribution in [3.05, 3.63) is 18.1 Å². The molecule has 0 bridgehead atoms. The summed E-state index contributed by atoms with van der Waals surface area (Å²) in [7, 11) is 0. The van der Waals surface area contributed by atoms with Gasteiger partial charge in [-0.3, -0.25) is 0 Å². The van der Waals surface area contributed by atoms with Gasteiger partial charge in [-0.1, -0.05) is 19.3 Å². The second-order valence-electron chi connectivity index (χ2n) is 4.46. The first-order chi connectivity index (χ1) is 8.88. The molecule has 1 aromatic heterocycles. The summed E-state index contributed by atoms with van der Waals surface area (Å²) >= 11 is 0. The lowest BCUT2D eigenvalue weighted by atomic mass is 9.98. The molecule has 0 radical (unpaired) electrons. The quantitative estimate of drug-likeness (QED) is 0.806. The van der Waals surface area contributed by atoms with Gasteiger partial charge in [0.05, 0.1) is 25.1 Å². The minimum Gasteiger partial charge on any atom is -0.376 e. The fourth-order valence-corrected chi connectivity index (χ4v) is 2.11. The van der Waals surface area contributed by atoms with E-state index < -0.39 is 0 Å². The molecule has 1 aliphatic rings. The maximum atomic E-state index is 8.59. The molecule has 1 saturated carbocycles. The lowest BCUT2D eigenvalue weighted by Crippen LogP contribution is -2.20. The molecule has 2 rings (SSSR count). The number of ether oxygens (including phenoxy) is 1. The fraction of sp³-hybridized carbons (Fsp3) is 0.615. The van der Waals surface area contributed by atoms with Crippen molar-refractivity contribution >= 4 is 5.82 Å². The standard InChI is InChI=1S/C13H18N4O/c14-8-11-9-17-13(10-16-11)15-6-7-18-12-4-2-1-3-5-12/h9-10,12H,1-7H2,(H,15,17). The molecule has 18 heavy (non-hydrogen) atoms. The summed E-state index contributed by atoms with van der Waals surface area (Å²) in [6, 6.07) is 1.94. The SMILES string of the molecule is N#Cc1cnc(NCCOC2CCCCC2)cn1. The number of nitrogens with one attached hydrogen (secondary N) is 1.